The SMILES string of the molecule is CN(C)C(=O)CNC(=O)c1cc(Cl)c2ccccc2n1. The number of pyridine rings is 1. The number of carbonyl (C=O) groups excluding carboxylic acids is 2. The Morgan fingerprint density at radius 1 is 1.30 bits per heavy atom. The molecule has 20 heavy (non-hydrogen) atoms. The Labute approximate surface area is 121 Å². The smallest absolute Gasteiger partial charge is 0.270 e. The van der Waals surface area contributed by atoms with E-state index in [1.54, 1.807) is 20.2 Å². The molecule has 2 amide bonds. The Kier molecular flexibility index (Phi) is 4.20. The molecule has 1 N–H and O–H groups in total. The van der Waals surface area contributed by atoms with E-state index in [4.69, 9.17) is 11.6 Å². The van der Waals surface area contributed by atoms with Gasteiger partial charge in [0.05, 0.1) is 17.1 Å². The summed E-state index contributed by atoms with van der Waals surface area (Å²) in [7, 11) is 3.25. The average molecular weight is 292 g/mol. The molecule has 104 valence electrons. The van der Waals surface area contributed by atoms with Crippen LogP contribution in [-0.4, -0.2) is 42.3 Å². The molecule has 0 atom stereocenters. The van der Waals surface area contributed by atoms with Crippen molar-refractivity contribution >= 4 is 34.3 Å². The summed E-state index contributed by atoms with van der Waals surface area (Å²) in [5.41, 5.74) is 0.837. The van der Waals surface area contributed by atoms with Crippen molar-refractivity contribution in [1.29, 1.82) is 0 Å². The first kappa shape index (κ1) is 14.3. The van der Waals surface area contributed by atoms with E-state index in [0.717, 1.165) is 5.39 Å². The van der Waals surface area contributed by atoms with Crippen molar-refractivity contribution in [3.63, 3.8) is 0 Å². The molecule has 0 aliphatic carbocycles. The van der Waals surface area contributed by atoms with Crippen LogP contribution in [0, 0.1) is 0 Å². The van der Waals surface area contributed by atoms with E-state index in [1.165, 1.54) is 11.0 Å². The fourth-order valence-corrected chi connectivity index (χ4v) is 1.92. The number of rotatable bonds is 3. The molecule has 0 saturated heterocycles. The van der Waals surface area contributed by atoms with Gasteiger partial charge in [-0.2, -0.15) is 0 Å². The minimum atomic E-state index is -0.423. The van der Waals surface area contributed by atoms with Crippen LogP contribution >= 0.6 is 11.6 Å². The van der Waals surface area contributed by atoms with Gasteiger partial charge in [0.15, 0.2) is 0 Å². The van der Waals surface area contributed by atoms with E-state index in [0.29, 0.717) is 10.5 Å². The maximum absolute atomic E-state index is 12.0. The van der Waals surface area contributed by atoms with E-state index in [9.17, 15) is 9.59 Å². The number of halogens is 1. The number of carbonyl (C=O) groups is 2. The van der Waals surface area contributed by atoms with E-state index < -0.39 is 5.91 Å². The maximum atomic E-state index is 12.0. The Balaban J connectivity index is 2.20. The van der Waals surface area contributed by atoms with Crippen molar-refractivity contribution in [2.45, 2.75) is 0 Å². The van der Waals surface area contributed by atoms with E-state index >= 15 is 0 Å². The Hall–Kier alpha value is -2.14. The zero-order valence-electron chi connectivity index (χ0n) is 11.2. The van der Waals surface area contributed by atoms with Crippen molar-refractivity contribution in [3.8, 4) is 0 Å². The lowest BCUT2D eigenvalue weighted by Crippen LogP contribution is -2.36. The third-order valence-electron chi connectivity index (χ3n) is 2.80. The molecular formula is C14H14ClN3O2. The van der Waals surface area contributed by atoms with Gasteiger partial charge in [-0.25, -0.2) is 4.98 Å². The lowest BCUT2D eigenvalue weighted by atomic mass is 10.2. The number of nitrogens with one attached hydrogen (secondary N) is 1. The van der Waals surface area contributed by atoms with Gasteiger partial charge in [-0.05, 0) is 12.1 Å². The number of nitrogens with zero attached hydrogens (tertiary/aromatic N) is 2. The highest BCUT2D eigenvalue weighted by Gasteiger charge is 2.12. The molecule has 0 radical (unpaired) electrons. The molecule has 0 aliphatic heterocycles. The van der Waals surface area contributed by atoms with Gasteiger partial charge in [-0.15, -0.1) is 0 Å². The number of hydrogen-bond acceptors (Lipinski definition) is 3. The molecule has 6 heteroatoms. The number of hydrogen-bond donors (Lipinski definition) is 1. The van der Waals surface area contributed by atoms with Crippen LogP contribution in [0.4, 0.5) is 0 Å². The quantitative estimate of drug-likeness (QED) is 0.936. The van der Waals surface area contributed by atoms with Crippen molar-refractivity contribution in [1.82, 2.24) is 15.2 Å². The molecule has 5 nitrogen and oxygen atoms in total. The number of para-hydroxylation sites is 1. The van der Waals surface area contributed by atoms with Crippen LogP contribution in [0.5, 0.6) is 0 Å². The summed E-state index contributed by atoms with van der Waals surface area (Å²) < 4.78 is 0. The lowest BCUT2D eigenvalue weighted by molar-refractivity contribution is -0.127. The molecule has 0 fully saturated rings. The topological polar surface area (TPSA) is 62.3 Å². The van der Waals surface area contributed by atoms with Crippen LogP contribution < -0.4 is 5.32 Å². The molecular weight excluding hydrogens is 278 g/mol. The Morgan fingerprint density at radius 3 is 2.70 bits per heavy atom. The summed E-state index contributed by atoms with van der Waals surface area (Å²) >= 11 is 6.12. The van der Waals surface area contributed by atoms with E-state index in [2.05, 4.69) is 10.3 Å². The van der Waals surface area contributed by atoms with Crippen molar-refractivity contribution in [3.05, 3.63) is 41.0 Å². The molecule has 2 rings (SSSR count). The van der Waals surface area contributed by atoms with Crippen LogP contribution in [0.15, 0.2) is 30.3 Å². The Bertz CT molecular complexity index is 671. The van der Waals surface area contributed by atoms with Gasteiger partial charge in [0.25, 0.3) is 5.91 Å². The number of benzene rings is 1. The molecule has 0 aliphatic rings. The third-order valence-corrected chi connectivity index (χ3v) is 3.11. The summed E-state index contributed by atoms with van der Waals surface area (Å²) in [5.74, 6) is -0.613. The third kappa shape index (κ3) is 3.05. The maximum Gasteiger partial charge on any atom is 0.270 e. The molecule has 2 aromatic rings. The molecule has 0 spiro atoms. The van der Waals surface area contributed by atoms with Gasteiger partial charge >= 0.3 is 0 Å². The summed E-state index contributed by atoms with van der Waals surface area (Å²) in [4.78, 5) is 29.0. The van der Waals surface area contributed by atoms with Gasteiger partial charge in [0.1, 0.15) is 5.69 Å². The first-order valence-electron chi connectivity index (χ1n) is 6.02. The number of likely N-dealkylation sites (N-methyl/N-ethyl adjacent to an activating group) is 1. The normalized spacial score (nSPS) is 10.3. The van der Waals surface area contributed by atoms with Gasteiger partial charge in [0.2, 0.25) is 5.91 Å². The van der Waals surface area contributed by atoms with E-state index in [1.807, 2.05) is 18.2 Å². The van der Waals surface area contributed by atoms with Crippen LogP contribution in [-0.2, 0) is 4.79 Å². The van der Waals surface area contributed by atoms with Gasteiger partial charge in [0, 0.05) is 19.5 Å². The highest BCUT2D eigenvalue weighted by Crippen LogP contribution is 2.22. The first-order chi connectivity index (χ1) is 9.49. The monoisotopic (exact) mass is 291 g/mol. The second kappa shape index (κ2) is 5.88. The van der Waals surface area contributed by atoms with Crippen LogP contribution in [0.1, 0.15) is 10.5 Å². The average Bonchev–Trinajstić information content (AvgIpc) is 2.44. The second-order valence-corrected chi connectivity index (χ2v) is 4.88. The van der Waals surface area contributed by atoms with Gasteiger partial charge < -0.3 is 10.2 Å². The molecule has 0 bridgehead atoms. The summed E-state index contributed by atoms with van der Waals surface area (Å²) in [6.45, 7) is -0.0715. The van der Waals surface area contributed by atoms with Crippen molar-refractivity contribution in [2.24, 2.45) is 0 Å². The minimum absolute atomic E-state index is 0.0715. The standard InChI is InChI=1S/C14H14ClN3O2/c1-18(2)13(19)8-16-14(20)12-7-10(15)9-5-3-4-6-11(9)17-12/h3-7H,8H2,1-2H3,(H,16,20). The van der Waals surface area contributed by atoms with Gasteiger partial charge in [-0.1, -0.05) is 29.8 Å². The summed E-state index contributed by atoms with van der Waals surface area (Å²) in [6.07, 6.45) is 0. The predicted molar refractivity (Wildman–Crippen MR) is 77.8 cm³/mol. The minimum Gasteiger partial charge on any atom is -0.347 e. The molecule has 0 unspecified atom stereocenters. The number of amides is 2. The van der Waals surface area contributed by atoms with E-state index in [-0.39, 0.29) is 18.1 Å². The molecule has 1 aromatic heterocycles. The van der Waals surface area contributed by atoms with Gasteiger partial charge in [-0.3, -0.25) is 9.59 Å². The molecule has 1 heterocycles. The predicted octanol–water partition coefficient (Wildman–Crippen LogP) is 1.71. The molecule has 0 saturated carbocycles. The zero-order chi connectivity index (χ0) is 14.7. The summed E-state index contributed by atoms with van der Waals surface area (Å²) in [6, 6.07) is 8.79. The fourth-order valence-electron chi connectivity index (χ4n) is 1.65. The number of fused-ring (bicyclic) bond motifs is 1. The highest BCUT2D eigenvalue weighted by atomic mass is 35.5. The lowest BCUT2D eigenvalue weighted by Gasteiger charge is -2.11. The molecule has 1 aromatic carbocycles. The zero-order valence-corrected chi connectivity index (χ0v) is 11.9. The van der Waals surface area contributed by atoms with Crippen LogP contribution in [0.3, 0.4) is 0 Å². The summed E-state index contributed by atoms with van der Waals surface area (Å²) in [5, 5.41) is 3.77. The second-order valence-electron chi connectivity index (χ2n) is 4.48. The van der Waals surface area contributed by atoms with Crippen LogP contribution in [0.25, 0.3) is 10.9 Å². The first-order valence-corrected chi connectivity index (χ1v) is 6.40. The Morgan fingerprint density at radius 2 is 2.00 bits per heavy atom. The van der Waals surface area contributed by atoms with Crippen molar-refractivity contribution < 1.29 is 9.59 Å². The van der Waals surface area contributed by atoms with Crippen LogP contribution in [0.2, 0.25) is 5.02 Å². The largest absolute Gasteiger partial charge is 0.347 e. The highest BCUT2D eigenvalue weighted by molar-refractivity contribution is 6.35. The van der Waals surface area contributed by atoms with Crippen molar-refractivity contribution in [2.75, 3.05) is 20.6 Å². The fraction of sp³-hybridized carbons (Fsp3) is 0.214. The number of aromatic nitrogens is 1.